The van der Waals surface area contributed by atoms with Gasteiger partial charge in [0.1, 0.15) is 0 Å². The number of aryl methyl sites for hydroxylation is 1. The van der Waals surface area contributed by atoms with E-state index in [0.717, 1.165) is 37.6 Å². The molecule has 1 unspecified atom stereocenters. The molecule has 3 rings (SSSR count). The third kappa shape index (κ3) is 3.29. The van der Waals surface area contributed by atoms with Crippen LogP contribution < -0.4 is 0 Å². The van der Waals surface area contributed by atoms with Gasteiger partial charge >= 0.3 is 0 Å². The van der Waals surface area contributed by atoms with Gasteiger partial charge in [-0.3, -0.25) is 4.90 Å². The Balaban J connectivity index is 1.56. The fourth-order valence-corrected chi connectivity index (χ4v) is 3.40. The van der Waals surface area contributed by atoms with E-state index >= 15 is 0 Å². The van der Waals surface area contributed by atoms with Crippen LogP contribution in [-0.2, 0) is 0 Å². The second-order valence-corrected chi connectivity index (χ2v) is 6.12. The maximum atomic E-state index is 5.33. The minimum Gasteiger partial charge on any atom is -0.339 e. The van der Waals surface area contributed by atoms with Gasteiger partial charge in [-0.2, -0.15) is 4.98 Å². The average molecular weight is 275 g/mol. The molecule has 1 aromatic heterocycles. The third-order valence-electron chi connectivity index (χ3n) is 4.62. The van der Waals surface area contributed by atoms with Crippen LogP contribution in [-0.4, -0.2) is 34.2 Å². The third-order valence-corrected chi connectivity index (χ3v) is 4.62. The number of rotatable bonds is 2. The van der Waals surface area contributed by atoms with Crippen LogP contribution in [0, 0.1) is 6.92 Å². The topological polar surface area (TPSA) is 42.2 Å². The molecule has 1 aliphatic carbocycles. The summed E-state index contributed by atoms with van der Waals surface area (Å²) < 4.78 is 5.33. The molecule has 1 atom stereocenters. The summed E-state index contributed by atoms with van der Waals surface area (Å²) in [6.07, 6.45) is 13.8. The summed E-state index contributed by atoms with van der Waals surface area (Å²) in [6.45, 7) is 4.20. The number of hydrogen-bond acceptors (Lipinski definition) is 4. The van der Waals surface area contributed by atoms with Crippen molar-refractivity contribution in [2.75, 3.05) is 13.1 Å². The summed E-state index contributed by atoms with van der Waals surface area (Å²) in [6, 6.07) is 0.653. The van der Waals surface area contributed by atoms with Crippen LogP contribution in [0.2, 0.25) is 0 Å². The molecule has 1 aliphatic heterocycles. The van der Waals surface area contributed by atoms with Crippen LogP contribution in [0.3, 0.4) is 0 Å². The first-order chi connectivity index (χ1) is 9.83. The Hall–Kier alpha value is -1.16. The maximum absolute atomic E-state index is 5.33. The van der Waals surface area contributed by atoms with Crippen LogP contribution in [0.1, 0.15) is 62.6 Å². The van der Waals surface area contributed by atoms with Crippen molar-refractivity contribution in [1.29, 1.82) is 0 Å². The number of hydrogen-bond donors (Lipinski definition) is 0. The van der Waals surface area contributed by atoms with Crippen molar-refractivity contribution < 1.29 is 4.52 Å². The lowest BCUT2D eigenvalue weighted by Crippen LogP contribution is -2.40. The van der Waals surface area contributed by atoms with Crippen molar-refractivity contribution in [3.8, 4) is 0 Å². The van der Waals surface area contributed by atoms with E-state index in [-0.39, 0.29) is 0 Å². The monoisotopic (exact) mass is 275 g/mol. The fraction of sp³-hybridized carbons (Fsp3) is 0.750. The Labute approximate surface area is 121 Å². The van der Waals surface area contributed by atoms with Gasteiger partial charge in [0.15, 0.2) is 5.82 Å². The predicted molar refractivity (Wildman–Crippen MR) is 78.6 cm³/mol. The van der Waals surface area contributed by atoms with Gasteiger partial charge in [-0.15, -0.1) is 0 Å². The molecule has 2 heterocycles. The van der Waals surface area contributed by atoms with Crippen molar-refractivity contribution >= 4 is 0 Å². The molecule has 0 spiro atoms. The van der Waals surface area contributed by atoms with Crippen molar-refractivity contribution in [1.82, 2.24) is 15.0 Å². The highest BCUT2D eigenvalue weighted by atomic mass is 16.5. The number of aromatic nitrogens is 2. The Morgan fingerprint density at radius 2 is 2.00 bits per heavy atom. The average Bonchev–Trinajstić information content (AvgIpc) is 2.85. The van der Waals surface area contributed by atoms with E-state index in [9.17, 15) is 0 Å². The molecule has 20 heavy (non-hydrogen) atoms. The summed E-state index contributed by atoms with van der Waals surface area (Å²) in [7, 11) is 0. The molecular weight excluding hydrogens is 250 g/mol. The zero-order valence-corrected chi connectivity index (χ0v) is 12.4. The Morgan fingerprint density at radius 3 is 2.75 bits per heavy atom. The molecule has 0 N–H and O–H groups in total. The van der Waals surface area contributed by atoms with Gasteiger partial charge in [-0.25, -0.2) is 0 Å². The van der Waals surface area contributed by atoms with E-state index < -0.39 is 0 Å². The van der Waals surface area contributed by atoms with Gasteiger partial charge in [-0.1, -0.05) is 30.2 Å². The van der Waals surface area contributed by atoms with Gasteiger partial charge < -0.3 is 4.52 Å². The highest BCUT2D eigenvalue weighted by molar-refractivity contribution is 5.00. The molecule has 110 valence electrons. The van der Waals surface area contributed by atoms with Crippen molar-refractivity contribution in [3.05, 3.63) is 23.9 Å². The van der Waals surface area contributed by atoms with Crippen molar-refractivity contribution in [2.24, 2.45) is 0 Å². The standard InChI is InChI=1S/C16H25N3O/c1-13-17-16(20-18-13)14-9-11-19(12-10-14)15-7-5-3-2-4-6-8-15/h5,7,14-15H,2-4,6,8-12H2,1H3/b7-5-. The first-order valence-electron chi connectivity index (χ1n) is 8.04. The normalized spacial score (nSPS) is 27.9. The molecule has 0 aromatic carbocycles. The van der Waals surface area contributed by atoms with Crippen LogP contribution >= 0.6 is 0 Å². The van der Waals surface area contributed by atoms with Gasteiger partial charge in [0.25, 0.3) is 0 Å². The number of nitrogens with zero attached hydrogens (tertiary/aromatic N) is 3. The lowest BCUT2D eigenvalue weighted by Gasteiger charge is -2.35. The molecule has 1 aromatic rings. The number of piperidine rings is 1. The summed E-state index contributed by atoms with van der Waals surface area (Å²) in [4.78, 5) is 7.03. The Morgan fingerprint density at radius 1 is 1.15 bits per heavy atom. The molecule has 1 saturated heterocycles. The highest BCUT2D eigenvalue weighted by Crippen LogP contribution is 2.29. The fourth-order valence-electron chi connectivity index (χ4n) is 3.40. The first-order valence-corrected chi connectivity index (χ1v) is 8.04. The second-order valence-electron chi connectivity index (χ2n) is 6.12. The Bertz CT molecular complexity index is 446. The summed E-state index contributed by atoms with van der Waals surface area (Å²) in [5, 5.41) is 3.91. The molecular formula is C16H25N3O. The lowest BCUT2D eigenvalue weighted by molar-refractivity contribution is 0.156. The van der Waals surface area contributed by atoms with Crippen LogP contribution in [0.4, 0.5) is 0 Å². The molecule has 1 fully saturated rings. The van der Waals surface area contributed by atoms with Gasteiger partial charge in [0.2, 0.25) is 5.89 Å². The van der Waals surface area contributed by atoms with E-state index in [1.807, 2.05) is 6.92 Å². The van der Waals surface area contributed by atoms with Crippen LogP contribution in [0.5, 0.6) is 0 Å². The molecule has 0 amide bonds. The van der Waals surface area contributed by atoms with E-state index in [4.69, 9.17) is 4.52 Å². The zero-order chi connectivity index (χ0) is 13.8. The molecule has 4 heteroatoms. The minimum atomic E-state index is 0.463. The quantitative estimate of drug-likeness (QED) is 0.775. The molecule has 4 nitrogen and oxygen atoms in total. The smallest absolute Gasteiger partial charge is 0.229 e. The maximum Gasteiger partial charge on any atom is 0.229 e. The number of likely N-dealkylation sites (tertiary alicyclic amines) is 1. The number of allylic oxidation sites excluding steroid dienone is 1. The van der Waals surface area contributed by atoms with E-state index in [1.54, 1.807) is 0 Å². The molecule has 0 radical (unpaired) electrons. The first kappa shape index (κ1) is 13.8. The summed E-state index contributed by atoms with van der Waals surface area (Å²) >= 11 is 0. The second kappa shape index (κ2) is 6.53. The van der Waals surface area contributed by atoms with Gasteiger partial charge in [0.05, 0.1) is 0 Å². The largest absolute Gasteiger partial charge is 0.339 e. The molecule has 0 bridgehead atoms. The van der Waals surface area contributed by atoms with Crippen LogP contribution in [0.25, 0.3) is 0 Å². The van der Waals surface area contributed by atoms with Crippen molar-refractivity contribution in [3.63, 3.8) is 0 Å². The van der Waals surface area contributed by atoms with E-state index in [0.29, 0.717) is 12.0 Å². The minimum absolute atomic E-state index is 0.463. The summed E-state index contributed by atoms with van der Waals surface area (Å²) in [5.41, 5.74) is 0. The Kier molecular flexibility index (Phi) is 4.51. The van der Waals surface area contributed by atoms with Crippen LogP contribution in [0.15, 0.2) is 16.7 Å². The van der Waals surface area contributed by atoms with Gasteiger partial charge in [0, 0.05) is 12.0 Å². The SMILES string of the molecule is Cc1noc(C2CCN(C3/C=C\CCCCC3)CC2)n1. The molecule has 0 saturated carbocycles. The van der Waals surface area contributed by atoms with Crippen molar-refractivity contribution in [2.45, 2.75) is 63.8 Å². The van der Waals surface area contributed by atoms with E-state index in [2.05, 4.69) is 27.2 Å². The zero-order valence-electron chi connectivity index (χ0n) is 12.4. The highest BCUT2D eigenvalue weighted by Gasteiger charge is 2.27. The molecule has 2 aliphatic rings. The van der Waals surface area contributed by atoms with Gasteiger partial charge in [-0.05, 0) is 52.1 Å². The lowest BCUT2D eigenvalue weighted by atomic mass is 9.93. The van der Waals surface area contributed by atoms with E-state index in [1.165, 1.54) is 32.1 Å². The summed E-state index contributed by atoms with van der Waals surface area (Å²) in [5.74, 6) is 2.06. The predicted octanol–water partition coefficient (Wildman–Crippen LogP) is 3.45.